The summed E-state index contributed by atoms with van der Waals surface area (Å²) in [6.45, 7) is 0.747. The number of aromatic amines is 1. The molecule has 0 bridgehead atoms. The van der Waals surface area contributed by atoms with Gasteiger partial charge >= 0.3 is 23.9 Å². The van der Waals surface area contributed by atoms with Crippen LogP contribution in [-0.4, -0.2) is 154 Å². The van der Waals surface area contributed by atoms with Crippen molar-refractivity contribution in [1.29, 1.82) is 0 Å². The van der Waals surface area contributed by atoms with Gasteiger partial charge in [-0.05, 0) is 59.9 Å². The fourth-order valence-corrected chi connectivity index (χ4v) is 9.50. The number of anilines is 2. The van der Waals surface area contributed by atoms with Crippen molar-refractivity contribution < 1.29 is 73.2 Å². The normalized spacial score (nSPS) is 13.3. The van der Waals surface area contributed by atoms with Gasteiger partial charge in [-0.3, -0.25) is 57.7 Å². The Morgan fingerprint density at radius 1 is 0.654 bits per heavy atom. The quantitative estimate of drug-likeness (QED) is 0.0266. The van der Waals surface area contributed by atoms with Crippen LogP contribution in [0, 0.1) is 0 Å². The van der Waals surface area contributed by atoms with Crippen LogP contribution in [0.2, 0.25) is 0 Å². The number of H-pyrrole nitrogens is 1. The van der Waals surface area contributed by atoms with E-state index in [-0.39, 0.29) is 41.6 Å². The minimum atomic E-state index is -2.13. The van der Waals surface area contributed by atoms with Gasteiger partial charge in [0.25, 0.3) is 11.5 Å². The van der Waals surface area contributed by atoms with E-state index in [2.05, 4.69) is 70.8 Å². The topological polar surface area (TPSA) is 450 Å². The molecule has 81 heavy (non-hydrogen) atoms. The Morgan fingerprint density at radius 3 is 1.74 bits per heavy atom. The molecule has 5 atom stereocenters. The molecule has 2 aromatic heterocycles. The van der Waals surface area contributed by atoms with Gasteiger partial charge in [-0.25, -0.2) is 14.8 Å². The molecular weight excluding hydrogens is 1080 g/mol. The van der Waals surface area contributed by atoms with Gasteiger partial charge in [-0.15, -0.1) is 0 Å². The highest BCUT2D eigenvalue weighted by molar-refractivity contribution is 7.99. The number of rotatable bonds is 30. The molecule has 0 saturated heterocycles. The summed E-state index contributed by atoms with van der Waals surface area (Å²) in [6.07, 6.45) is -3.39. The lowest BCUT2D eigenvalue weighted by Crippen LogP contribution is -2.59. The van der Waals surface area contributed by atoms with Crippen LogP contribution in [0.1, 0.15) is 78.5 Å². The zero-order valence-electron chi connectivity index (χ0n) is 43.1. The van der Waals surface area contributed by atoms with Gasteiger partial charge < -0.3 is 63.4 Å². The molecule has 28 nitrogen and oxygen atoms in total. The number of carboxylic acids is 4. The smallest absolute Gasteiger partial charge is 0.326 e. The number of benzene rings is 3. The molecule has 3 aromatic carbocycles. The molecule has 0 fully saturated rings. The lowest BCUT2D eigenvalue weighted by molar-refractivity contribution is -0.144. The highest BCUT2D eigenvalue weighted by Gasteiger charge is 2.35. The predicted octanol–water partition coefficient (Wildman–Crippen LogP) is -0.125. The summed E-state index contributed by atoms with van der Waals surface area (Å²) in [6, 6.07) is 12.6. The zero-order chi connectivity index (χ0) is 58.9. The van der Waals surface area contributed by atoms with E-state index in [4.69, 9.17) is 5.73 Å². The first kappa shape index (κ1) is 60.4. The summed E-state index contributed by atoms with van der Waals surface area (Å²) in [5.74, 6) is -12.7. The monoisotopic (exact) mass is 1140 g/mol. The third-order valence-electron chi connectivity index (χ3n) is 12.5. The van der Waals surface area contributed by atoms with Crippen molar-refractivity contribution in [2.24, 2.45) is 0 Å². The third-order valence-corrected chi connectivity index (χ3v) is 13.5. The van der Waals surface area contributed by atoms with Gasteiger partial charge in [0.1, 0.15) is 30.2 Å². The number of nitrogens with two attached hydrogens (primary N) is 1. The number of aliphatic carboxylic acids is 4. The van der Waals surface area contributed by atoms with Crippen LogP contribution in [-0.2, 0) is 54.5 Å². The number of hydrogen-bond acceptors (Lipinski definition) is 18. The summed E-state index contributed by atoms with van der Waals surface area (Å²) in [5, 5.41) is 54.8. The van der Waals surface area contributed by atoms with Gasteiger partial charge in [0.2, 0.25) is 35.5 Å². The number of ketones is 1. The molecule has 5 aromatic rings. The lowest BCUT2D eigenvalue weighted by atomic mass is 9.99. The predicted molar refractivity (Wildman–Crippen MR) is 288 cm³/mol. The summed E-state index contributed by atoms with van der Waals surface area (Å²) < 4.78 is 0. The summed E-state index contributed by atoms with van der Waals surface area (Å²) in [7, 11) is 0. The average molecular weight is 1140 g/mol. The molecule has 6 rings (SSSR count). The molecule has 0 unspecified atom stereocenters. The molecule has 0 radical (unpaired) electrons. The molecule has 2 heterocycles. The van der Waals surface area contributed by atoms with Crippen molar-refractivity contribution in [3.05, 3.63) is 112 Å². The van der Waals surface area contributed by atoms with E-state index >= 15 is 0 Å². The van der Waals surface area contributed by atoms with Crippen LogP contribution in [0.25, 0.3) is 22.3 Å². The van der Waals surface area contributed by atoms with Crippen molar-refractivity contribution in [2.45, 2.75) is 88.1 Å². The molecule has 0 spiro atoms. The number of nitrogen functional groups attached to an aromatic ring is 1. The Balaban J connectivity index is 0.983. The minimum Gasteiger partial charge on any atom is -0.481 e. The van der Waals surface area contributed by atoms with E-state index in [1.807, 2.05) is 34.9 Å². The number of amides is 6. The third kappa shape index (κ3) is 17.3. The minimum absolute atomic E-state index is 0.000698. The molecular formula is C52H56N12O16S. The van der Waals surface area contributed by atoms with Gasteiger partial charge in [0, 0.05) is 48.1 Å². The Labute approximate surface area is 463 Å². The summed E-state index contributed by atoms with van der Waals surface area (Å²) in [4.78, 5) is 166. The van der Waals surface area contributed by atoms with Crippen molar-refractivity contribution >= 4 is 99.7 Å². The number of nitrogens with one attached hydrogen (secondary N) is 8. The fourth-order valence-electron chi connectivity index (χ4n) is 8.40. The van der Waals surface area contributed by atoms with Crippen molar-refractivity contribution in [1.82, 2.24) is 51.8 Å². The highest BCUT2D eigenvalue weighted by Crippen LogP contribution is 2.45. The van der Waals surface area contributed by atoms with Gasteiger partial charge in [-0.2, -0.15) is 16.7 Å². The van der Waals surface area contributed by atoms with E-state index < -0.39 is 140 Å². The number of carboxylic acid groups (broad SMARTS) is 4. The maximum Gasteiger partial charge on any atom is 0.326 e. The van der Waals surface area contributed by atoms with Crippen molar-refractivity contribution in [3.63, 3.8) is 0 Å². The number of hydrogen-bond donors (Lipinski definition) is 13. The standard InChI is InChI=1S/C52H56N12O16S/c1-25(65)38(23-55-39(66)16-17-81-24-33-31-8-4-2-6-29(31)30-7-3-5-9-32(30)33)62-49(77)37(20-43(72)73)61-48(76)36(19-42(70)71)60-47(75)35(18-41(68)69)58-40(67)15-14-34(51(79)80)59-46(74)26-10-12-27(13-11-26)54-21-28-22-56-45-44(57-28)50(78)64-52(53)63-45/h2-13,22,33-38,54H,14-21,23-24H2,1H3,(H,55,66)(H,58,67)(H,59,74)(H,60,75)(H,61,76)(H,62,77)(H,68,69)(H,70,71)(H,72,73)(H,79,80)(H3,53,56,63,64,78)/t34-,35-,36-,37-,38-/m0/s1. The maximum absolute atomic E-state index is 13.5. The largest absolute Gasteiger partial charge is 0.481 e. The molecule has 0 saturated carbocycles. The first-order valence-electron chi connectivity index (χ1n) is 24.8. The SMILES string of the molecule is CC(=O)[C@H](CNC(=O)CCSCC1c2ccccc2-c2ccccc21)NC(=O)[C@H](CC(=O)O)NC(=O)[C@H](CC(=O)O)NC(=O)[C@H](CC(=O)O)NC(=O)CC[C@H](NC(=O)c1ccc(NCc2cnc3nc(N)[nH]c(=O)c3n2)cc1)C(=O)O. The number of Topliss-reactive ketones (excluding diaryl/α,β-unsaturated/α-hetero) is 1. The van der Waals surface area contributed by atoms with E-state index in [0.29, 0.717) is 22.9 Å². The van der Waals surface area contributed by atoms with E-state index in [9.17, 15) is 78.0 Å². The molecule has 1 aliphatic carbocycles. The van der Waals surface area contributed by atoms with E-state index in [1.54, 1.807) is 11.8 Å². The fraction of sp³-hybridized carbons (Fsp3) is 0.327. The Morgan fingerprint density at radius 2 is 1.20 bits per heavy atom. The first-order valence-corrected chi connectivity index (χ1v) is 26.0. The van der Waals surface area contributed by atoms with Gasteiger partial charge in [0.05, 0.1) is 37.7 Å². The molecule has 14 N–H and O–H groups in total. The zero-order valence-corrected chi connectivity index (χ0v) is 43.9. The average Bonchev–Trinajstić information content (AvgIpc) is 3.86. The second kappa shape index (κ2) is 28.2. The molecule has 426 valence electrons. The number of aromatic nitrogens is 4. The molecule has 0 aliphatic heterocycles. The van der Waals surface area contributed by atoms with Gasteiger partial charge in [0.15, 0.2) is 16.9 Å². The number of thioether (sulfide) groups is 1. The first-order chi connectivity index (χ1) is 38.6. The highest BCUT2D eigenvalue weighted by atomic mass is 32.2. The number of fused-ring (bicyclic) bond motifs is 4. The lowest BCUT2D eigenvalue weighted by Gasteiger charge is -2.25. The second-order valence-corrected chi connectivity index (χ2v) is 19.5. The van der Waals surface area contributed by atoms with Crippen LogP contribution in [0.3, 0.4) is 0 Å². The summed E-state index contributed by atoms with van der Waals surface area (Å²) >= 11 is 1.55. The number of carbonyl (C=O) groups is 11. The number of nitrogens with zero attached hydrogens (tertiary/aromatic N) is 3. The van der Waals surface area contributed by atoms with Crippen molar-refractivity contribution in [2.75, 3.05) is 29.1 Å². The van der Waals surface area contributed by atoms with Crippen LogP contribution in [0.5, 0.6) is 0 Å². The molecule has 1 aliphatic rings. The Hall–Kier alpha value is -9.80. The van der Waals surface area contributed by atoms with Crippen LogP contribution >= 0.6 is 11.8 Å². The van der Waals surface area contributed by atoms with Crippen LogP contribution < -0.4 is 48.5 Å². The molecule has 29 heteroatoms. The Bertz CT molecular complexity index is 3260. The number of carbonyl (C=O) groups excluding carboxylic acids is 7. The van der Waals surface area contributed by atoms with E-state index in [1.165, 1.54) is 41.6 Å². The van der Waals surface area contributed by atoms with Crippen LogP contribution in [0.15, 0.2) is 83.8 Å². The van der Waals surface area contributed by atoms with E-state index in [0.717, 1.165) is 18.1 Å². The Kier molecular flexibility index (Phi) is 21.0. The molecule has 6 amide bonds. The summed E-state index contributed by atoms with van der Waals surface area (Å²) in [5.41, 5.74) is 10.5. The maximum atomic E-state index is 13.5. The second-order valence-electron chi connectivity index (χ2n) is 18.4. The van der Waals surface area contributed by atoms with Crippen molar-refractivity contribution in [3.8, 4) is 11.1 Å². The van der Waals surface area contributed by atoms with Crippen LogP contribution in [0.4, 0.5) is 11.6 Å². The van der Waals surface area contributed by atoms with Gasteiger partial charge in [-0.1, -0.05) is 48.5 Å².